The van der Waals surface area contributed by atoms with Gasteiger partial charge in [0.1, 0.15) is 18.6 Å². The summed E-state index contributed by atoms with van der Waals surface area (Å²) in [5.74, 6) is -1.27. The van der Waals surface area contributed by atoms with Gasteiger partial charge in [-0.25, -0.2) is 0 Å². The summed E-state index contributed by atoms with van der Waals surface area (Å²) in [7, 11) is 0. The molecule has 0 saturated carbocycles. The average Bonchev–Trinajstić information content (AvgIpc) is 2.47. The number of rotatable bonds is 6. The molecule has 0 aliphatic carbocycles. The monoisotopic (exact) mass is 320 g/mol. The molecule has 0 fully saturated rings. The first-order valence-electron chi connectivity index (χ1n) is 7.58. The van der Waals surface area contributed by atoms with Gasteiger partial charge in [0.15, 0.2) is 0 Å². The maximum Gasteiger partial charge on any atom is 0.313 e. The Kier molecular flexibility index (Phi) is 6.82. The summed E-state index contributed by atoms with van der Waals surface area (Å²) in [6, 6.07) is 5.11. The minimum atomic E-state index is -0.399. The molecule has 0 radical (unpaired) electrons. The molecule has 0 atom stereocenters. The van der Waals surface area contributed by atoms with Crippen LogP contribution in [0.15, 0.2) is 24.5 Å². The van der Waals surface area contributed by atoms with Crippen LogP contribution in [-0.4, -0.2) is 23.7 Å². The molecule has 23 heavy (non-hydrogen) atoms. The number of aryl methyl sites for hydroxylation is 1. The van der Waals surface area contributed by atoms with Gasteiger partial charge in [-0.05, 0) is 18.6 Å². The number of ether oxygens (including phenoxy) is 2. The van der Waals surface area contributed by atoms with Crippen molar-refractivity contribution in [1.29, 1.82) is 0 Å². The summed E-state index contributed by atoms with van der Waals surface area (Å²) in [5.41, 5.74) is 1.78. The van der Waals surface area contributed by atoms with E-state index in [1.54, 1.807) is 39.8 Å². The molecule has 0 amide bonds. The molecule has 0 bridgehead atoms. The van der Waals surface area contributed by atoms with Crippen molar-refractivity contribution in [3.8, 4) is 5.75 Å². The van der Waals surface area contributed by atoms with Crippen molar-refractivity contribution < 1.29 is 24.2 Å². The molecular weight excluding hydrogens is 296 g/mol. The number of hydrogen-bond donors (Lipinski definition) is 1. The van der Waals surface area contributed by atoms with Crippen molar-refractivity contribution in [2.75, 3.05) is 6.61 Å². The van der Waals surface area contributed by atoms with Gasteiger partial charge in [0.2, 0.25) is 0 Å². The highest BCUT2D eigenvalue weighted by Crippen LogP contribution is 2.27. The fourth-order valence-electron chi connectivity index (χ4n) is 1.67. The fraction of sp³-hybridized carbons (Fsp3) is 0.444. The minimum Gasteiger partial charge on any atom is -0.507 e. The van der Waals surface area contributed by atoms with Crippen molar-refractivity contribution >= 4 is 17.5 Å². The molecule has 5 nitrogen and oxygen atoms in total. The minimum absolute atomic E-state index is 0.0393. The van der Waals surface area contributed by atoms with Gasteiger partial charge < -0.3 is 14.6 Å². The summed E-state index contributed by atoms with van der Waals surface area (Å²) in [4.78, 5) is 23.3. The second-order valence-electron chi connectivity index (χ2n) is 6.02. The summed E-state index contributed by atoms with van der Waals surface area (Å²) in [5, 5.41) is 10.1. The zero-order valence-electron chi connectivity index (χ0n) is 14.3. The number of aromatic hydroxyl groups is 1. The lowest BCUT2D eigenvalue weighted by Crippen LogP contribution is -2.14. The van der Waals surface area contributed by atoms with Crippen LogP contribution in [0.5, 0.6) is 5.75 Å². The third-order valence-corrected chi connectivity index (χ3v) is 3.13. The molecule has 0 saturated heterocycles. The maximum absolute atomic E-state index is 11.6. The topological polar surface area (TPSA) is 72.8 Å². The number of esters is 2. The summed E-state index contributed by atoms with van der Waals surface area (Å²) >= 11 is 0. The standard InChI is InChI=1S/C18H24O5/c1-11(2)17(20)22-9-14(10-23-18(21)12(3)4)15-7-6-13(5)8-16(15)19/h6-9,11-12,19H,10H2,1-5H3/b14-9-. The highest BCUT2D eigenvalue weighted by atomic mass is 16.5. The molecule has 126 valence electrons. The summed E-state index contributed by atoms with van der Waals surface area (Å²) in [6.45, 7) is 8.67. The quantitative estimate of drug-likeness (QED) is 0.642. The Hall–Kier alpha value is -2.30. The van der Waals surface area contributed by atoms with E-state index in [4.69, 9.17) is 9.47 Å². The van der Waals surface area contributed by atoms with E-state index in [1.165, 1.54) is 6.26 Å². The van der Waals surface area contributed by atoms with E-state index in [1.807, 2.05) is 13.0 Å². The van der Waals surface area contributed by atoms with E-state index in [0.717, 1.165) is 5.56 Å². The van der Waals surface area contributed by atoms with Crippen LogP contribution >= 0.6 is 0 Å². The third kappa shape index (κ3) is 5.77. The van der Waals surface area contributed by atoms with Gasteiger partial charge in [0.25, 0.3) is 0 Å². The van der Waals surface area contributed by atoms with Gasteiger partial charge in [-0.15, -0.1) is 0 Å². The van der Waals surface area contributed by atoms with Gasteiger partial charge in [-0.1, -0.05) is 39.8 Å². The number of phenolic OH excluding ortho intramolecular Hbond substituents is 1. The van der Waals surface area contributed by atoms with Crippen LogP contribution < -0.4 is 0 Å². The van der Waals surface area contributed by atoms with Crippen LogP contribution in [0, 0.1) is 18.8 Å². The fourth-order valence-corrected chi connectivity index (χ4v) is 1.67. The predicted molar refractivity (Wildman–Crippen MR) is 87.5 cm³/mol. The van der Waals surface area contributed by atoms with Crippen molar-refractivity contribution in [3.05, 3.63) is 35.6 Å². The first-order valence-corrected chi connectivity index (χ1v) is 7.58. The normalized spacial score (nSPS) is 11.7. The number of carbonyl (C=O) groups is 2. The first-order chi connectivity index (χ1) is 10.7. The number of benzene rings is 1. The highest BCUT2D eigenvalue weighted by Gasteiger charge is 2.15. The zero-order valence-corrected chi connectivity index (χ0v) is 14.3. The lowest BCUT2D eigenvalue weighted by molar-refractivity contribution is -0.145. The Morgan fingerprint density at radius 1 is 1.13 bits per heavy atom. The van der Waals surface area contributed by atoms with Crippen molar-refractivity contribution in [3.63, 3.8) is 0 Å². The third-order valence-electron chi connectivity index (χ3n) is 3.13. The summed E-state index contributed by atoms with van der Waals surface area (Å²) in [6.07, 6.45) is 1.24. The lowest BCUT2D eigenvalue weighted by atomic mass is 10.0. The molecule has 0 unspecified atom stereocenters. The van der Waals surface area contributed by atoms with Gasteiger partial charge >= 0.3 is 11.9 Å². The molecule has 0 aliphatic rings. The molecule has 5 heteroatoms. The van der Waals surface area contributed by atoms with Crippen LogP contribution in [0.4, 0.5) is 0 Å². The summed E-state index contributed by atoms with van der Waals surface area (Å²) < 4.78 is 10.3. The highest BCUT2D eigenvalue weighted by molar-refractivity contribution is 5.78. The number of carbonyl (C=O) groups excluding carboxylic acids is 2. The van der Waals surface area contributed by atoms with Crippen LogP contribution in [-0.2, 0) is 19.1 Å². The SMILES string of the molecule is Cc1ccc(/C(=C\OC(=O)C(C)C)COC(=O)C(C)C)c(O)c1. The van der Waals surface area contributed by atoms with Crippen LogP contribution in [0.2, 0.25) is 0 Å². The van der Waals surface area contributed by atoms with Gasteiger partial charge in [0.05, 0.1) is 11.8 Å². The molecule has 1 aromatic rings. The molecular formula is C18H24O5. The molecule has 1 N–H and O–H groups in total. The van der Waals surface area contributed by atoms with Crippen LogP contribution in [0.1, 0.15) is 38.8 Å². The first kappa shape index (κ1) is 18.7. The van der Waals surface area contributed by atoms with E-state index < -0.39 is 5.97 Å². The second kappa shape index (κ2) is 8.36. The van der Waals surface area contributed by atoms with Gasteiger partial charge in [-0.2, -0.15) is 0 Å². The average molecular weight is 320 g/mol. The Morgan fingerprint density at radius 3 is 2.26 bits per heavy atom. The molecule has 0 aromatic heterocycles. The van der Waals surface area contributed by atoms with Crippen LogP contribution in [0.25, 0.3) is 5.57 Å². The van der Waals surface area contributed by atoms with Crippen molar-refractivity contribution in [2.45, 2.75) is 34.6 Å². The molecule has 1 aromatic carbocycles. The van der Waals surface area contributed by atoms with Crippen molar-refractivity contribution in [1.82, 2.24) is 0 Å². The van der Waals surface area contributed by atoms with E-state index in [9.17, 15) is 14.7 Å². The van der Waals surface area contributed by atoms with Crippen molar-refractivity contribution in [2.24, 2.45) is 11.8 Å². The lowest BCUT2D eigenvalue weighted by Gasteiger charge is -2.13. The molecule has 0 aliphatic heterocycles. The largest absolute Gasteiger partial charge is 0.507 e. The van der Waals surface area contributed by atoms with E-state index in [-0.39, 0.29) is 30.2 Å². The number of phenols is 1. The Bertz CT molecular complexity index is 599. The van der Waals surface area contributed by atoms with Gasteiger partial charge in [-0.3, -0.25) is 9.59 Å². The Morgan fingerprint density at radius 2 is 1.74 bits per heavy atom. The maximum atomic E-state index is 11.6. The van der Waals surface area contributed by atoms with Crippen LogP contribution in [0.3, 0.4) is 0 Å². The zero-order chi connectivity index (χ0) is 17.6. The Balaban J connectivity index is 3.02. The molecule has 0 heterocycles. The second-order valence-corrected chi connectivity index (χ2v) is 6.02. The van der Waals surface area contributed by atoms with E-state index >= 15 is 0 Å². The number of hydrogen-bond acceptors (Lipinski definition) is 5. The molecule has 1 rings (SSSR count). The predicted octanol–water partition coefficient (Wildman–Crippen LogP) is 3.44. The molecule has 0 spiro atoms. The van der Waals surface area contributed by atoms with E-state index in [0.29, 0.717) is 11.1 Å². The Labute approximate surface area is 136 Å². The van der Waals surface area contributed by atoms with Gasteiger partial charge in [0, 0.05) is 11.1 Å². The smallest absolute Gasteiger partial charge is 0.313 e. The van der Waals surface area contributed by atoms with E-state index in [2.05, 4.69) is 0 Å².